The Kier molecular flexibility index (Phi) is 18.7. The van der Waals surface area contributed by atoms with Crippen LogP contribution in [0.2, 0.25) is 0 Å². The molecule has 0 fully saturated rings. The minimum Gasteiger partial charge on any atom is -0.480 e. The van der Waals surface area contributed by atoms with Crippen LogP contribution in [0, 0.1) is 0 Å². The highest BCUT2D eigenvalue weighted by atomic mass is 31.1. The normalized spacial score (nSPS) is 13.6. The zero-order chi connectivity index (χ0) is 21.0. The molecule has 1 unspecified atom stereocenters. The monoisotopic (exact) mass is 417 g/mol. The Labute approximate surface area is 171 Å². The van der Waals surface area contributed by atoms with E-state index in [9.17, 15) is 14.2 Å². The van der Waals surface area contributed by atoms with Crippen LogP contribution in [0.3, 0.4) is 0 Å². The number of carbonyl (C=O) groups excluding carboxylic acids is 1. The summed E-state index contributed by atoms with van der Waals surface area (Å²) in [4.78, 5) is 22.5. The molecular weight excluding hydrogens is 377 g/mol. The van der Waals surface area contributed by atoms with Gasteiger partial charge in [0.15, 0.2) is 7.95 Å². The molecule has 0 aromatic rings. The van der Waals surface area contributed by atoms with Gasteiger partial charge in [0.2, 0.25) is 5.52 Å². The average molecular weight is 418 g/mol. The third-order valence-corrected chi connectivity index (χ3v) is 6.07. The van der Waals surface area contributed by atoms with Gasteiger partial charge in [0.05, 0.1) is 6.61 Å². The van der Waals surface area contributed by atoms with E-state index in [0.717, 1.165) is 32.1 Å². The summed E-state index contributed by atoms with van der Waals surface area (Å²) in [6.45, 7) is 1.55. The first-order chi connectivity index (χ1) is 13.5. The number of unbranched alkanes of at least 4 members (excludes halogenated alkanes) is 11. The molecule has 0 aromatic carbocycles. The quantitative estimate of drug-likeness (QED) is 0.145. The van der Waals surface area contributed by atoms with E-state index in [0.29, 0.717) is 6.42 Å². The molecule has 0 aliphatic rings. The number of hydrogen-bond donors (Lipinski definition) is 3. The maximum Gasteiger partial charge on any atom is 0.323 e. The fourth-order valence-corrected chi connectivity index (χ4v) is 3.99. The smallest absolute Gasteiger partial charge is 0.323 e. The molecule has 0 rings (SSSR count). The third-order valence-electron chi connectivity index (χ3n) is 4.70. The summed E-state index contributed by atoms with van der Waals surface area (Å²) in [5, 5.41) is 19.8. The predicted molar refractivity (Wildman–Crippen MR) is 115 cm³/mol. The Morgan fingerprint density at radius 2 is 1.39 bits per heavy atom. The molecule has 2 atom stereocenters. The lowest BCUT2D eigenvalue weighted by Gasteiger charge is -2.10. The minimum absolute atomic E-state index is 0.195. The maximum absolute atomic E-state index is 11.7. The van der Waals surface area contributed by atoms with E-state index in [-0.39, 0.29) is 6.42 Å². The molecule has 164 valence electrons. The molecule has 0 amide bonds. The van der Waals surface area contributed by atoms with Crippen LogP contribution in [0.4, 0.5) is 0 Å². The van der Waals surface area contributed by atoms with Gasteiger partial charge in [-0.05, 0) is 32.1 Å². The van der Waals surface area contributed by atoms with Gasteiger partial charge >= 0.3 is 5.97 Å². The largest absolute Gasteiger partial charge is 0.480 e. The van der Waals surface area contributed by atoms with Gasteiger partial charge < -0.3 is 14.8 Å². The first-order valence-corrected chi connectivity index (χ1v) is 12.3. The molecule has 0 bridgehead atoms. The Hall–Kier alpha value is -0.970. The van der Waals surface area contributed by atoms with Gasteiger partial charge in [-0.2, -0.15) is 0 Å². The first kappa shape index (κ1) is 27.0. The van der Waals surface area contributed by atoms with E-state index in [1.54, 1.807) is 0 Å². The summed E-state index contributed by atoms with van der Waals surface area (Å²) in [6, 6.07) is -1.34. The van der Waals surface area contributed by atoms with Gasteiger partial charge in [-0.15, -0.1) is 0 Å². The SMILES string of the molecule is CCCCCCCC/C=C/CCCCCCCC(=O)[PH](=O)N[C@@H](CO)C(=O)O. The predicted octanol–water partition coefficient (Wildman–Crippen LogP) is 5.06. The number of aliphatic carboxylic acids is 1. The van der Waals surface area contributed by atoms with Crippen molar-refractivity contribution in [3.63, 3.8) is 0 Å². The molecule has 0 spiro atoms. The molecule has 0 aliphatic heterocycles. The van der Waals surface area contributed by atoms with Gasteiger partial charge in [0.25, 0.3) is 0 Å². The van der Waals surface area contributed by atoms with Crippen molar-refractivity contribution in [1.29, 1.82) is 0 Å². The van der Waals surface area contributed by atoms with Crippen LogP contribution < -0.4 is 5.09 Å². The molecule has 7 heteroatoms. The van der Waals surface area contributed by atoms with Crippen LogP contribution in [0.1, 0.15) is 96.8 Å². The molecule has 0 saturated heterocycles. The molecule has 0 radical (unpaired) electrons. The van der Waals surface area contributed by atoms with Crippen molar-refractivity contribution in [2.75, 3.05) is 6.61 Å². The molecule has 0 aliphatic carbocycles. The molecule has 0 saturated carbocycles. The van der Waals surface area contributed by atoms with Gasteiger partial charge in [0, 0.05) is 6.42 Å². The summed E-state index contributed by atoms with van der Waals surface area (Å²) >= 11 is 0. The topological polar surface area (TPSA) is 104 Å². The Balaban J connectivity index is 3.51. The Bertz CT molecular complexity index is 468. The molecular formula is C21H40NO5P. The van der Waals surface area contributed by atoms with Crippen LogP contribution >= 0.6 is 7.95 Å². The van der Waals surface area contributed by atoms with E-state index in [1.165, 1.54) is 44.9 Å². The number of nitrogens with one attached hydrogen (secondary N) is 1. The summed E-state index contributed by atoms with van der Waals surface area (Å²) in [7, 11) is -2.83. The van der Waals surface area contributed by atoms with Gasteiger partial charge in [-0.1, -0.05) is 70.4 Å². The van der Waals surface area contributed by atoms with Crippen LogP contribution in [-0.4, -0.2) is 34.4 Å². The number of carboxylic acids is 1. The van der Waals surface area contributed by atoms with E-state index < -0.39 is 32.1 Å². The van der Waals surface area contributed by atoms with Crippen molar-refractivity contribution in [3.8, 4) is 0 Å². The summed E-state index contributed by atoms with van der Waals surface area (Å²) in [5.41, 5.74) is -0.442. The zero-order valence-corrected chi connectivity index (χ0v) is 18.5. The highest BCUT2D eigenvalue weighted by Crippen LogP contribution is 2.21. The van der Waals surface area contributed by atoms with E-state index in [1.807, 2.05) is 0 Å². The van der Waals surface area contributed by atoms with Crippen LogP contribution in [-0.2, 0) is 14.2 Å². The maximum atomic E-state index is 11.7. The standard InChI is InChI=1S/C21H40NO5P/c1-2-3-4-5-6-7-8-9-10-11-12-13-14-15-16-17-20(24)28(27)22-19(18-23)21(25)26/h9-10,19,23,28H,2-8,11-18H2,1H3,(H,22,27)(H,25,26)/b10-9+/t19-/m0/s1. The number of carboxylic acid groups (broad SMARTS) is 1. The molecule has 3 N–H and O–H groups in total. The second kappa shape index (κ2) is 19.4. The van der Waals surface area contributed by atoms with Crippen molar-refractivity contribution in [2.45, 2.75) is 103 Å². The van der Waals surface area contributed by atoms with Crippen molar-refractivity contribution in [3.05, 3.63) is 12.2 Å². The lowest BCUT2D eigenvalue weighted by molar-refractivity contribution is -0.139. The number of carbonyl (C=O) groups is 2. The summed E-state index contributed by atoms with van der Waals surface area (Å²) < 4.78 is 11.7. The first-order valence-electron chi connectivity index (χ1n) is 10.8. The highest BCUT2D eigenvalue weighted by Gasteiger charge is 2.21. The molecule has 6 nitrogen and oxygen atoms in total. The second-order valence-corrected chi connectivity index (χ2v) is 8.81. The number of rotatable bonds is 20. The van der Waals surface area contributed by atoms with Crippen molar-refractivity contribution < 1.29 is 24.4 Å². The van der Waals surface area contributed by atoms with Gasteiger partial charge in [0.1, 0.15) is 6.04 Å². The summed E-state index contributed by atoms with van der Waals surface area (Å²) in [5.74, 6) is -1.31. The fraction of sp³-hybridized carbons (Fsp3) is 0.810. The number of aliphatic hydroxyl groups excluding tert-OH is 1. The van der Waals surface area contributed by atoms with Gasteiger partial charge in [-0.25, -0.2) is 5.09 Å². The van der Waals surface area contributed by atoms with E-state index >= 15 is 0 Å². The second-order valence-electron chi connectivity index (χ2n) is 7.30. The molecule has 0 heterocycles. The van der Waals surface area contributed by atoms with Gasteiger partial charge in [-0.3, -0.25) is 9.59 Å². The van der Waals surface area contributed by atoms with Crippen molar-refractivity contribution >= 4 is 19.4 Å². The lowest BCUT2D eigenvalue weighted by Crippen LogP contribution is -2.36. The molecule has 28 heavy (non-hydrogen) atoms. The van der Waals surface area contributed by atoms with Crippen LogP contribution in [0.25, 0.3) is 0 Å². The van der Waals surface area contributed by atoms with E-state index in [4.69, 9.17) is 10.2 Å². The Morgan fingerprint density at radius 3 is 1.89 bits per heavy atom. The number of aliphatic hydroxyl groups is 1. The molecule has 0 aromatic heterocycles. The van der Waals surface area contributed by atoms with E-state index in [2.05, 4.69) is 24.2 Å². The zero-order valence-electron chi connectivity index (χ0n) is 17.5. The van der Waals surface area contributed by atoms with Crippen molar-refractivity contribution in [2.24, 2.45) is 0 Å². The summed E-state index contributed by atoms with van der Waals surface area (Å²) in [6.07, 6.45) is 19.9. The lowest BCUT2D eigenvalue weighted by atomic mass is 10.1. The highest BCUT2D eigenvalue weighted by molar-refractivity contribution is 7.61. The third kappa shape index (κ3) is 16.0. The average Bonchev–Trinajstić information content (AvgIpc) is 2.68. The fourth-order valence-electron chi connectivity index (χ4n) is 2.89. The Morgan fingerprint density at radius 1 is 0.893 bits per heavy atom. The van der Waals surface area contributed by atoms with Crippen LogP contribution in [0.15, 0.2) is 12.2 Å². The minimum atomic E-state index is -2.83. The number of allylic oxidation sites excluding steroid dienone is 2. The van der Waals surface area contributed by atoms with Crippen LogP contribution in [0.5, 0.6) is 0 Å². The number of hydrogen-bond acceptors (Lipinski definition) is 4. The van der Waals surface area contributed by atoms with Crippen molar-refractivity contribution in [1.82, 2.24) is 5.09 Å².